The molecule has 4 nitrogen and oxygen atoms in total. The molecular weight excluding hydrogens is 316 g/mol. The molecular formula is C12H14BrClN4. The summed E-state index contributed by atoms with van der Waals surface area (Å²) in [6.45, 7) is 2.07. The normalized spacial score (nSPS) is 10.8. The molecule has 96 valence electrons. The average Bonchev–Trinajstić information content (AvgIpc) is 2.61. The number of nitrogens with zero attached hydrogens (tertiary/aromatic N) is 2. The van der Waals surface area contributed by atoms with Crippen LogP contribution in [-0.2, 0) is 6.42 Å². The molecule has 0 aliphatic carbocycles. The molecule has 0 atom stereocenters. The first-order valence-corrected chi connectivity index (χ1v) is 6.79. The van der Waals surface area contributed by atoms with Crippen molar-refractivity contribution in [3.05, 3.63) is 33.5 Å². The van der Waals surface area contributed by atoms with Crippen LogP contribution in [-0.4, -0.2) is 9.66 Å². The molecule has 1 aromatic heterocycles. The molecule has 0 radical (unpaired) electrons. The van der Waals surface area contributed by atoms with Crippen molar-refractivity contribution in [3.8, 4) is 11.3 Å². The Labute approximate surface area is 119 Å². The van der Waals surface area contributed by atoms with Gasteiger partial charge in [0.25, 0.3) is 0 Å². The van der Waals surface area contributed by atoms with Crippen LogP contribution in [0, 0.1) is 0 Å². The van der Waals surface area contributed by atoms with Crippen LogP contribution in [0.25, 0.3) is 11.3 Å². The van der Waals surface area contributed by atoms with Gasteiger partial charge >= 0.3 is 0 Å². The third kappa shape index (κ3) is 2.33. The fraction of sp³-hybridized carbons (Fsp3) is 0.250. The second-order valence-corrected chi connectivity index (χ2v) is 5.33. The third-order valence-corrected chi connectivity index (χ3v) is 3.50. The van der Waals surface area contributed by atoms with E-state index in [1.807, 2.05) is 12.1 Å². The van der Waals surface area contributed by atoms with Gasteiger partial charge in [-0.3, -0.25) is 0 Å². The minimum Gasteiger partial charge on any atom is -0.382 e. The molecule has 0 saturated carbocycles. The largest absolute Gasteiger partial charge is 0.382 e. The molecule has 0 bridgehead atoms. The van der Waals surface area contributed by atoms with Gasteiger partial charge in [0.1, 0.15) is 11.5 Å². The van der Waals surface area contributed by atoms with E-state index >= 15 is 0 Å². The molecule has 0 saturated heterocycles. The number of hydrogen-bond acceptors (Lipinski definition) is 3. The molecule has 1 aromatic carbocycles. The molecule has 2 rings (SSSR count). The van der Waals surface area contributed by atoms with Crippen LogP contribution in [0.1, 0.15) is 19.2 Å². The third-order valence-electron chi connectivity index (χ3n) is 2.68. The lowest BCUT2D eigenvalue weighted by molar-refractivity contribution is 0.794. The standard InChI is InChI=1S/C12H14BrClN4/c1-2-3-10-17-11(12(15)18(10)16)8-6-7(13)4-5-9(8)14/h4-6H,2-3,15-16H2,1H3. The van der Waals surface area contributed by atoms with Gasteiger partial charge in [0.2, 0.25) is 0 Å². The van der Waals surface area contributed by atoms with E-state index in [-0.39, 0.29) is 0 Å². The van der Waals surface area contributed by atoms with Crippen molar-refractivity contribution in [2.75, 3.05) is 11.6 Å². The fourth-order valence-corrected chi connectivity index (χ4v) is 2.34. The highest BCUT2D eigenvalue weighted by Gasteiger charge is 2.16. The van der Waals surface area contributed by atoms with Gasteiger partial charge in [-0.1, -0.05) is 34.5 Å². The van der Waals surface area contributed by atoms with Crippen molar-refractivity contribution < 1.29 is 0 Å². The van der Waals surface area contributed by atoms with E-state index < -0.39 is 0 Å². The number of anilines is 1. The Hall–Kier alpha value is -1.20. The van der Waals surface area contributed by atoms with Gasteiger partial charge in [0.15, 0.2) is 5.82 Å². The van der Waals surface area contributed by atoms with Crippen LogP contribution in [0.3, 0.4) is 0 Å². The van der Waals surface area contributed by atoms with Gasteiger partial charge in [-0.15, -0.1) is 0 Å². The molecule has 0 spiro atoms. The van der Waals surface area contributed by atoms with Crippen molar-refractivity contribution in [1.29, 1.82) is 0 Å². The van der Waals surface area contributed by atoms with Crippen molar-refractivity contribution in [1.82, 2.24) is 9.66 Å². The first-order valence-electron chi connectivity index (χ1n) is 5.62. The second kappa shape index (κ2) is 5.20. The molecule has 0 aliphatic heterocycles. The number of aryl methyl sites for hydroxylation is 1. The Bertz CT molecular complexity index is 580. The first kappa shape index (κ1) is 13.2. The van der Waals surface area contributed by atoms with Gasteiger partial charge in [-0.05, 0) is 24.6 Å². The summed E-state index contributed by atoms with van der Waals surface area (Å²) in [5.41, 5.74) is 7.40. The summed E-state index contributed by atoms with van der Waals surface area (Å²) in [7, 11) is 0. The SMILES string of the molecule is CCCc1nc(-c2cc(Br)ccc2Cl)c(N)n1N. The van der Waals surface area contributed by atoms with Gasteiger partial charge in [-0.2, -0.15) is 0 Å². The molecule has 0 unspecified atom stereocenters. The molecule has 0 aliphatic rings. The van der Waals surface area contributed by atoms with Gasteiger partial charge in [-0.25, -0.2) is 9.66 Å². The van der Waals surface area contributed by atoms with E-state index in [0.29, 0.717) is 16.5 Å². The summed E-state index contributed by atoms with van der Waals surface area (Å²) in [5.74, 6) is 7.08. The lowest BCUT2D eigenvalue weighted by Gasteiger charge is -2.03. The van der Waals surface area contributed by atoms with Gasteiger partial charge < -0.3 is 11.6 Å². The highest BCUT2D eigenvalue weighted by atomic mass is 79.9. The topological polar surface area (TPSA) is 69.9 Å². The minimum atomic E-state index is 0.429. The summed E-state index contributed by atoms with van der Waals surface area (Å²) in [6, 6.07) is 5.56. The predicted molar refractivity (Wildman–Crippen MR) is 78.9 cm³/mol. The van der Waals surface area contributed by atoms with Crippen LogP contribution < -0.4 is 11.6 Å². The Morgan fingerprint density at radius 1 is 1.44 bits per heavy atom. The van der Waals surface area contributed by atoms with Crippen LogP contribution in [0.5, 0.6) is 0 Å². The maximum absolute atomic E-state index is 6.17. The number of halogens is 2. The van der Waals surface area contributed by atoms with E-state index in [4.69, 9.17) is 23.2 Å². The quantitative estimate of drug-likeness (QED) is 0.849. The molecule has 6 heteroatoms. The van der Waals surface area contributed by atoms with Crippen molar-refractivity contribution >= 4 is 33.3 Å². The van der Waals surface area contributed by atoms with Crippen molar-refractivity contribution in [2.45, 2.75) is 19.8 Å². The van der Waals surface area contributed by atoms with Crippen molar-refractivity contribution in [3.63, 3.8) is 0 Å². The number of aromatic nitrogens is 2. The number of benzene rings is 1. The maximum atomic E-state index is 6.17. The number of rotatable bonds is 3. The summed E-state index contributed by atoms with van der Waals surface area (Å²) in [5, 5.41) is 0.603. The molecule has 1 heterocycles. The highest BCUT2D eigenvalue weighted by molar-refractivity contribution is 9.10. The Morgan fingerprint density at radius 3 is 2.83 bits per heavy atom. The van der Waals surface area contributed by atoms with E-state index in [1.54, 1.807) is 6.07 Å². The van der Waals surface area contributed by atoms with E-state index in [1.165, 1.54) is 4.68 Å². The molecule has 4 N–H and O–H groups in total. The minimum absolute atomic E-state index is 0.429. The fourth-order valence-electron chi connectivity index (χ4n) is 1.77. The number of imidazole rings is 1. The van der Waals surface area contributed by atoms with Crippen LogP contribution >= 0.6 is 27.5 Å². The number of hydrogen-bond donors (Lipinski definition) is 2. The second-order valence-electron chi connectivity index (χ2n) is 4.01. The van der Waals surface area contributed by atoms with Gasteiger partial charge in [0, 0.05) is 16.5 Å². The monoisotopic (exact) mass is 328 g/mol. The lowest BCUT2D eigenvalue weighted by Crippen LogP contribution is -2.15. The Kier molecular flexibility index (Phi) is 3.82. The van der Waals surface area contributed by atoms with Crippen LogP contribution in [0.15, 0.2) is 22.7 Å². The smallest absolute Gasteiger partial charge is 0.150 e. The zero-order chi connectivity index (χ0) is 13.3. The Morgan fingerprint density at radius 2 is 2.17 bits per heavy atom. The summed E-state index contributed by atoms with van der Waals surface area (Å²) in [6.07, 6.45) is 1.74. The molecule has 18 heavy (non-hydrogen) atoms. The van der Waals surface area contributed by atoms with Crippen LogP contribution in [0.4, 0.5) is 5.82 Å². The molecule has 0 amide bonds. The van der Waals surface area contributed by atoms with Gasteiger partial charge in [0.05, 0.1) is 5.02 Å². The molecule has 0 fully saturated rings. The zero-order valence-corrected chi connectivity index (χ0v) is 12.3. The Balaban J connectivity index is 2.57. The summed E-state index contributed by atoms with van der Waals surface area (Å²) in [4.78, 5) is 4.48. The maximum Gasteiger partial charge on any atom is 0.150 e. The molecule has 2 aromatic rings. The van der Waals surface area contributed by atoms with E-state index in [2.05, 4.69) is 27.8 Å². The lowest BCUT2D eigenvalue weighted by atomic mass is 10.1. The van der Waals surface area contributed by atoms with Crippen molar-refractivity contribution in [2.24, 2.45) is 0 Å². The average molecular weight is 330 g/mol. The first-order chi connectivity index (χ1) is 8.54. The van der Waals surface area contributed by atoms with Crippen LogP contribution in [0.2, 0.25) is 5.02 Å². The number of nitrogens with two attached hydrogens (primary N) is 2. The highest BCUT2D eigenvalue weighted by Crippen LogP contribution is 2.33. The van der Waals surface area contributed by atoms with E-state index in [0.717, 1.165) is 28.7 Å². The predicted octanol–water partition coefficient (Wildman–Crippen LogP) is 3.21. The summed E-state index contributed by atoms with van der Waals surface area (Å²) >= 11 is 9.58. The zero-order valence-electron chi connectivity index (χ0n) is 9.95. The number of nitrogen functional groups attached to an aromatic ring is 2. The summed E-state index contributed by atoms with van der Waals surface area (Å²) < 4.78 is 2.35. The van der Waals surface area contributed by atoms with E-state index in [9.17, 15) is 0 Å².